The molecule has 248 valence electrons. The number of likely N-dealkylation sites (tertiary alicyclic amines) is 1. The van der Waals surface area contributed by atoms with Gasteiger partial charge in [0.1, 0.15) is 6.61 Å². The number of imide groups is 1. The predicted molar refractivity (Wildman–Crippen MR) is 166 cm³/mol. The van der Waals surface area contributed by atoms with Crippen LogP contribution in [-0.4, -0.2) is 65.4 Å². The second-order valence-corrected chi connectivity index (χ2v) is 11.9. The van der Waals surface area contributed by atoms with Crippen LogP contribution in [0.5, 0.6) is 0 Å². The summed E-state index contributed by atoms with van der Waals surface area (Å²) in [6.45, 7) is 7.37. The van der Waals surface area contributed by atoms with E-state index >= 15 is 0 Å². The van der Waals surface area contributed by atoms with Gasteiger partial charge in [-0.25, -0.2) is 4.79 Å². The van der Waals surface area contributed by atoms with Crippen LogP contribution < -0.4 is 21.7 Å². The number of benzene rings is 1. The van der Waals surface area contributed by atoms with Gasteiger partial charge >= 0.3 is 12.0 Å². The molecule has 1 saturated heterocycles. The van der Waals surface area contributed by atoms with Gasteiger partial charge in [-0.05, 0) is 49.3 Å². The van der Waals surface area contributed by atoms with Crippen LogP contribution in [0.15, 0.2) is 24.3 Å². The molecule has 0 bridgehead atoms. The Labute approximate surface area is 264 Å². The maximum Gasteiger partial charge on any atom is 0.312 e. The first-order valence-electron chi connectivity index (χ1n) is 15.5. The molecule has 0 spiro atoms. The molecule has 1 aromatic carbocycles. The zero-order chi connectivity index (χ0) is 33.5. The Hall–Kier alpha value is -4.29. The molecule has 0 aromatic heterocycles. The van der Waals surface area contributed by atoms with Gasteiger partial charge in [0.05, 0.1) is 6.04 Å². The molecule has 1 aromatic rings. The largest absolute Gasteiger partial charge is 0.461 e. The van der Waals surface area contributed by atoms with E-state index in [2.05, 4.69) is 16.0 Å². The average Bonchev–Trinajstić information content (AvgIpc) is 3.21. The number of hydrogen-bond acceptors (Lipinski definition) is 8. The van der Waals surface area contributed by atoms with Gasteiger partial charge in [-0.3, -0.25) is 33.7 Å². The molecular formula is C32H47N5O8. The number of urea groups is 1. The molecular weight excluding hydrogens is 582 g/mol. The number of ketones is 1. The molecule has 1 heterocycles. The van der Waals surface area contributed by atoms with Gasteiger partial charge in [-0.2, -0.15) is 0 Å². The van der Waals surface area contributed by atoms with Crippen molar-refractivity contribution in [2.45, 2.75) is 91.7 Å². The maximum absolute atomic E-state index is 13.4. The van der Waals surface area contributed by atoms with Crippen LogP contribution in [0.4, 0.5) is 10.5 Å². The third-order valence-electron chi connectivity index (χ3n) is 7.60. The summed E-state index contributed by atoms with van der Waals surface area (Å²) >= 11 is 0. The second kappa shape index (κ2) is 18.5. The van der Waals surface area contributed by atoms with Crippen LogP contribution in [0.25, 0.3) is 0 Å². The Morgan fingerprint density at radius 2 is 1.71 bits per heavy atom. The van der Waals surface area contributed by atoms with E-state index in [0.717, 1.165) is 5.56 Å². The molecule has 0 aliphatic carbocycles. The Kier molecular flexibility index (Phi) is 15.2. The van der Waals surface area contributed by atoms with Crippen molar-refractivity contribution in [3.8, 4) is 0 Å². The molecule has 0 radical (unpaired) electrons. The number of hydrogen-bond donors (Lipinski definition) is 4. The second-order valence-electron chi connectivity index (χ2n) is 11.9. The highest BCUT2D eigenvalue weighted by Crippen LogP contribution is 2.21. The van der Waals surface area contributed by atoms with Crippen molar-refractivity contribution in [1.29, 1.82) is 0 Å². The first kappa shape index (κ1) is 36.9. The van der Waals surface area contributed by atoms with E-state index in [1.54, 1.807) is 31.2 Å². The van der Waals surface area contributed by atoms with Gasteiger partial charge in [-0.15, -0.1) is 0 Å². The van der Waals surface area contributed by atoms with Crippen LogP contribution in [0, 0.1) is 17.8 Å². The fourth-order valence-electron chi connectivity index (χ4n) is 5.05. The number of esters is 1. The topological polar surface area (TPSA) is 194 Å². The molecule has 2 rings (SSSR count). The number of amides is 6. The smallest absolute Gasteiger partial charge is 0.312 e. The number of carbonyl (C=O) groups excluding carboxylic acids is 7. The summed E-state index contributed by atoms with van der Waals surface area (Å²) in [7, 11) is 0. The summed E-state index contributed by atoms with van der Waals surface area (Å²) in [5.74, 6) is -2.89. The first-order valence-corrected chi connectivity index (χ1v) is 15.5. The van der Waals surface area contributed by atoms with Gasteiger partial charge in [0.2, 0.25) is 23.6 Å². The summed E-state index contributed by atoms with van der Waals surface area (Å²) in [5.41, 5.74) is 6.38. The van der Waals surface area contributed by atoms with E-state index in [0.29, 0.717) is 44.3 Å². The van der Waals surface area contributed by atoms with E-state index in [9.17, 15) is 33.6 Å². The SMILES string of the molecule is CC(=O)OCc1ccc(NC(=O)[C@H](CCCNC(N)=O)CC(=O)[C@@H](NC(=O)CCCCCN2C(=O)CC(C)C2=O)C(C)C)cc1. The normalized spacial score (nSPS) is 15.8. The van der Waals surface area contributed by atoms with Crippen molar-refractivity contribution in [1.82, 2.24) is 15.5 Å². The number of nitrogens with zero attached hydrogens (tertiary/aromatic N) is 1. The van der Waals surface area contributed by atoms with Crippen molar-refractivity contribution in [2.75, 3.05) is 18.4 Å². The van der Waals surface area contributed by atoms with Crippen LogP contribution >= 0.6 is 0 Å². The standard InChI is InChI=1S/C32H47N5O8/c1-20(2)29(36-27(40)10-6-5-7-16-37-28(41)17-21(3)31(37)43)26(39)18-24(9-8-15-34-32(33)44)30(42)35-25-13-11-23(12-14-25)19-45-22(4)38/h11-14,20-21,24,29H,5-10,15-19H2,1-4H3,(H,35,42)(H,36,40)(H3,33,34,44)/t21?,24-,29+/m1/s1. The van der Waals surface area contributed by atoms with Gasteiger partial charge in [0.15, 0.2) is 5.78 Å². The molecule has 1 fully saturated rings. The third kappa shape index (κ3) is 13.1. The Bertz CT molecular complexity index is 1220. The Balaban J connectivity index is 1.93. The van der Waals surface area contributed by atoms with Crippen molar-refractivity contribution in [3.05, 3.63) is 29.8 Å². The minimum Gasteiger partial charge on any atom is -0.461 e. The van der Waals surface area contributed by atoms with E-state index < -0.39 is 24.0 Å². The highest BCUT2D eigenvalue weighted by Gasteiger charge is 2.35. The quantitative estimate of drug-likeness (QED) is 0.102. The van der Waals surface area contributed by atoms with Crippen molar-refractivity contribution < 1.29 is 38.3 Å². The molecule has 1 unspecified atom stereocenters. The number of Topliss-reactive ketones (excluding diaryl/α,β-unsaturated/α-hetero) is 1. The minimum atomic E-state index is -0.793. The Morgan fingerprint density at radius 1 is 1.02 bits per heavy atom. The highest BCUT2D eigenvalue weighted by molar-refractivity contribution is 6.03. The monoisotopic (exact) mass is 629 g/mol. The number of unbranched alkanes of at least 4 members (excludes halogenated alkanes) is 2. The maximum atomic E-state index is 13.4. The number of anilines is 1. The summed E-state index contributed by atoms with van der Waals surface area (Å²) in [4.78, 5) is 86.8. The number of carbonyl (C=O) groups is 7. The zero-order valence-electron chi connectivity index (χ0n) is 26.7. The van der Waals surface area contributed by atoms with Gasteiger partial charge < -0.3 is 26.4 Å². The van der Waals surface area contributed by atoms with Crippen LogP contribution in [-0.2, 0) is 40.1 Å². The van der Waals surface area contributed by atoms with Crippen molar-refractivity contribution >= 4 is 47.1 Å². The number of ether oxygens (including phenoxy) is 1. The van der Waals surface area contributed by atoms with Gasteiger partial charge in [0.25, 0.3) is 0 Å². The predicted octanol–water partition coefficient (Wildman–Crippen LogP) is 2.81. The highest BCUT2D eigenvalue weighted by atomic mass is 16.5. The number of rotatable bonds is 19. The summed E-state index contributed by atoms with van der Waals surface area (Å²) in [5, 5.41) is 8.12. The van der Waals surface area contributed by atoms with Gasteiger partial charge in [0, 0.05) is 56.8 Å². The molecule has 3 atom stereocenters. The van der Waals surface area contributed by atoms with Gasteiger partial charge in [-0.1, -0.05) is 39.3 Å². The van der Waals surface area contributed by atoms with Crippen LogP contribution in [0.2, 0.25) is 0 Å². The minimum absolute atomic E-state index is 0.107. The summed E-state index contributed by atoms with van der Waals surface area (Å²) < 4.78 is 4.98. The zero-order valence-corrected chi connectivity index (χ0v) is 26.7. The van der Waals surface area contributed by atoms with E-state index in [1.165, 1.54) is 11.8 Å². The lowest BCUT2D eigenvalue weighted by atomic mass is 9.89. The van der Waals surface area contributed by atoms with Crippen LogP contribution in [0.1, 0.15) is 84.6 Å². The number of nitrogens with one attached hydrogen (secondary N) is 3. The molecule has 1 aliphatic rings. The molecule has 0 saturated carbocycles. The fraction of sp³-hybridized carbons (Fsp3) is 0.594. The van der Waals surface area contributed by atoms with Crippen molar-refractivity contribution in [3.63, 3.8) is 0 Å². The summed E-state index contributed by atoms with van der Waals surface area (Å²) in [6, 6.07) is 5.29. The van der Waals surface area contributed by atoms with E-state index in [1.807, 2.05) is 13.8 Å². The fourth-order valence-corrected chi connectivity index (χ4v) is 5.05. The first-order chi connectivity index (χ1) is 21.3. The third-order valence-corrected chi connectivity index (χ3v) is 7.60. The summed E-state index contributed by atoms with van der Waals surface area (Å²) in [6.07, 6.45) is 2.78. The van der Waals surface area contributed by atoms with E-state index in [-0.39, 0.29) is 73.7 Å². The number of primary amides is 1. The molecule has 5 N–H and O–H groups in total. The van der Waals surface area contributed by atoms with Crippen molar-refractivity contribution in [2.24, 2.45) is 23.5 Å². The molecule has 1 aliphatic heterocycles. The average molecular weight is 630 g/mol. The lowest BCUT2D eigenvalue weighted by molar-refractivity contribution is -0.142. The lowest BCUT2D eigenvalue weighted by Gasteiger charge is -2.24. The molecule has 13 nitrogen and oxygen atoms in total. The lowest BCUT2D eigenvalue weighted by Crippen LogP contribution is -2.45. The van der Waals surface area contributed by atoms with Crippen LogP contribution in [0.3, 0.4) is 0 Å². The number of nitrogens with two attached hydrogens (primary N) is 1. The molecule has 45 heavy (non-hydrogen) atoms. The molecule has 13 heteroatoms. The Morgan fingerprint density at radius 3 is 2.29 bits per heavy atom. The van der Waals surface area contributed by atoms with E-state index in [4.69, 9.17) is 10.5 Å². The molecule has 6 amide bonds.